The summed E-state index contributed by atoms with van der Waals surface area (Å²) in [5.41, 5.74) is 3.42. The lowest BCUT2D eigenvalue weighted by Gasteiger charge is -2.20. The van der Waals surface area contributed by atoms with Gasteiger partial charge in [0, 0.05) is 47.2 Å². The predicted octanol–water partition coefficient (Wildman–Crippen LogP) is 5.11. The normalized spacial score (nSPS) is 14.2. The number of amides is 2. The zero-order valence-electron chi connectivity index (χ0n) is 21.4. The maximum atomic E-state index is 12.7. The van der Waals surface area contributed by atoms with Crippen LogP contribution in [0.2, 0.25) is 0 Å². The Morgan fingerprint density at radius 3 is 2.54 bits per heavy atom. The van der Waals surface area contributed by atoms with Gasteiger partial charge >= 0.3 is 12.1 Å². The first-order chi connectivity index (χ1) is 17.9. The van der Waals surface area contributed by atoms with E-state index in [1.807, 2.05) is 31.3 Å². The number of hydrogen-bond acceptors (Lipinski definition) is 6. The van der Waals surface area contributed by atoms with Crippen molar-refractivity contribution in [3.8, 4) is 5.75 Å². The molecular formula is C28H33N3O6. The number of carbonyl (C=O) groups excluding carboxylic acids is 3. The van der Waals surface area contributed by atoms with Crippen molar-refractivity contribution >= 4 is 34.6 Å². The lowest BCUT2D eigenvalue weighted by molar-refractivity contribution is -0.121. The molecule has 0 spiro atoms. The number of aromatic nitrogens is 1. The minimum Gasteiger partial charge on any atom is -0.496 e. The van der Waals surface area contributed by atoms with Crippen LogP contribution in [0.25, 0.3) is 10.9 Å². The molecule has 3 N–H and O–H groups in total. The molecule has 1 saturated carbocycles. The van der Waals surface area contributed by atoms with Gasteiger partial charge < -0.3 is 24.5 Å². The first-order valence-corrected chi connectivity index (χ1v) is 12.5. The Hall–Kier alpha value is -4.01. The number of ether oxygens (including phenoxy) is 3. The van der Waals surface area contributed by atoms with Gasteiger partial charge in [0.2, 0.25) is 5.91 Å². The largest absolute Gasteiger partial charge is 0.496 e. The number of nitrogens with one attached hydrogen (secondary N) is 3. The first-order valence-electron chi connectivity index (χ1n) is 12.5. The van der Waals surface area contributed by atoms with E-state index >= 15 is 0 Å². The summed E-state index contributed by atoms with van der Waals surface area (Å²) < 4.78 is 16.0. The van der Waals surface area contributed by atoms with Crippen LogP contribution < -0.4 is 15.4 Å². The van der Waals surface area contributed by atoms with Crippen LogP contribution >= 0.6 is 0 Å². The van der Waals surface area contributed by atoms with Gasteiger partial charge in [0.1, 0.15) is 11.9 Å². The zero-order valence-corrected chi connectivity index (χ0v) is 21.4. The average Bonchev–Trinajstić information content (AvgIpc) is 3.56. The van der Waals surface area contributed by atoms with Crippen LogP contribution in [0.1, 0.15) is 66.4 Å². The molecule has 1 aliphatic carbocycles. The zero-order chi connectivity index (χ0) is 26.4. The van der Waals surface area contributed by atoms with E-state index < -0.39 is 12.1 Å². The number of fused-ring (bicyclic) bond motifs is 1. The first kappa shape index (κ1) is 26.1. The van der Waals surface area contributed by atoms with Gasteiger partial charge in [0.25, 0.3) is 0 Å². The maximum absolute atomic E-state index is 12.7. The van der Waals surface area contributed by atoms with Crippen molar-refractivity contribution in [1.82, 2.24) is 10.3 Å². The third-order valence-electron chi connectivity index (χ3n) is 6.70. The molecule has 0 radical (unpaired) electrons. The molecule has 9 nitrogen and oxygen atoms in total. The van der Waals surface area contributed by atoms with Gasteiger partial charge in [-0.25, -0.2) is 9.59 Å². The number of aromatic amines is 1. The number of esters is 1. The molecular weight excluding hydrogens is 474 g/mol. The summed E-state index contributed by atoms with van der Waals surface area (Å²) in [5.74, 6) is -0.503. The van der Waals surface area contributed by atoms with E-state index in [9.17, 15) is 14.4 Å². The van der Waals surface area contributed by atoms with E-state index in [2.05, 4.69) is 15.6 Å². The molecule has 1 unspecified atom stereocenters. The van der Waals surface area contributed by atoms with Crippen LogP contribution in [0.5, 0.6) is 5.75 Å². The van der Waals surface area contributed by atoms with Crippen LogP contribution in [-0.4, -0.2) is 49.8 Å². The van der Waals surface area contributed by atoms with Crippen LogP contribution in [0.15, 0.2) is 42.6 Å². The van der Waals surface area contributed by atoms with Crippen LogP contribution in [-0.2, 0) is 14.3 Å². The van der Waals surface area contributed by atoms with Crippen LogP contribution in [0.3, 0.4) is 0 Å². The Labute approximate surface area is 215 Å². The Morgan fingerprint density at radius 1 is 1.05 bits per heavy atom. The van der Waals surface area contributed by atoms with E-state index in [0.29, 0.717) is 23.5 Å². The molecule has 1 heterocycles. The number of benzene rings is 2. The number of carbonyl (C=O) groups is 3. The molecule has 4 rings (SSSR count). The molecule has 2 amide bonds. The van der Waals surface area contributed by atoms with Crippen molar-refractivity contribution in [2.75, 3.05) is 26.1 Å². The second-order valence-electron chi connectivity index (χ2n) is 9.10. The summed E-state index contributed by atoms with van der Waals surface area (Å²) in [4.78, 5) is 40.5. The van der Waals surface area contributed by atoms with Crippen molar-refractivity contribution in [3.63, 3.8) is 0 Å². The second kappa shape index (κ2) is 11.8. The van der Waals surface area contributed by atoms with E-state index in [1.165, 1.54) is 14.2 Å². The van der Waals surface area contributed by atoms with Gasteiger partial charge in [-0.05, 0) is 68.5 Å². The second-order valence-corrected chi connectivity index (χ2v) is 9.10. The molecule has 2 aromatic carbocycles. The van der Waals surface area contributed by atoms with E-state index in [4.69, 9.17) is 14.2 Å². The Balaban J connectivity index is 1.70. The average molecular weight is 508 g/mol. The maximum Gasteiger partial charge on any atom is 0.411 e. The van der Waals surface area contributed by atoms with Crippen LogP contribution in [0.4, 0.5) is 10.5 Å². The lowest BCUT2D eigenvalue weighted by atomic mass is 9.86. The highest BCUT2D eigenvalue weighted by Crippen LogP contribution is 2.39. The fourth-order valence-corrected chi connectivity index (χ4v) is 4.90. The number of anilines is 1. The summed E-state index contributed by atoms with van der Waals surface area (Å²) >= 11 is 0. The van der Waals surface area contributed by atoms with Crippen molar-refractivity contribution in [2.24, 2.45) is 0 Å². The van der Waals surface area contributed by atoms with Gasteiger partial charge in [0.05, 0.1) is 19.8 Å². The minimum atomic E-state index is -0.475. The topological polar surface area (TPSA) is 119 Å². The molecule has 37 heavy (non-hydrogen) atoms. The number of hydrogen-bond donors (Lipinski definition) is 3. The SMILES string of the molecule is CCNC(=O)CC(c1ccc(C(=O)OC)cc1OC)c1c[nH]c2ccc(NC(=O)OC3CCCC3)cc12. The highest BCUT2D eigenvalue weighted by atomic mass is 16.6. The molecule has 0 bridgehead atoms. The van der Waals surface area contributed by atoms with Gasteiger partial charge in [0.15, 0.2) is 0 Å². The standard InChI is InChI=1S/C28H33N3O6/c1-4-29-26(32)15-21(20-11-9-17(27(33)36-3)13-25(20)35-2)23-16-30-24-12-10-18(14-22(23)24)31-28(34)37-19-7-5-6-8-19/h9-14,16,19,21,30H,4-8,15H2,1-3H3,(H,29,32)(H,31,34). The molecule has 0 aliphatic heterocycles. The monoisotopic (exact) mass is 507 g/mol. The van der Waals surface area contributed by atoms with Crippen molar-refractivity contribution in [2.45, 2.75) is 51.0 Å². The van der Waals surface area contributed by atoms with E-state index in [1.54, 1.807) is 18.2 Å². The molecule has 3 aromatic rings. The number of H-pyrrole nitrogens is 1. The Bertz CT molecular complexity index is 1280. The van der Waals surface area contributed by atoms with Crippen LogP contribution in [0, 0.1) is 0 Å². The summed E-state index contributed by atoms with van der Waals surface area (Å²) in [6, 6.07) is 10.6. The highest BCUT2D eigenvalue weighted by Gasteiger charge is 2.26. The molecule has 1 aromatic heterocycles. The minimum absolute atomic E-state index is 0.0339. The molecule has 0 saturated heterocycles. The van der Waals surface area contributed by atoms with Gasteiger partial charge in [-0.15, -0.1) is 0 Å². The number of rotatable bonds is 9. The lowest BCUT2D eigenvalue weighted by Crippen LogP contribution is -2.25. The highest BCUT2D eigenvalue weighted by molar-refractivity contribution is 5.93. The fourth-order valence-electron chi connectivity index (χ4n) is 4.90. The fraction of sp³-hybridized carbons (Fsp3) is 0.393. The predicted molar refractivity (Wildman–Crippen MR) is 140 cm³/mol. The summed E-state index contributed by atoms with van der Waals surface area (Å²) in [7, 11) is 2.85. The van der Waals surface area contributed by atoms with Crippen molar-refractivity contribution in [1.29, 1.82) is 0 Å². The van der Waals surface area contributed by atoms with Crippen molar-refractivity contribution < 1.29 is 28.6 Å². The quantitative estimate of drug-likeness (QED) is 0.346. The van der Waals surface area contributed by atoms with Crippen molar-refractivity contribution in [3.05, 3.63) is 59.3 Å². The van der Waals surface area contributed by atoms with Gasteiger partial charge in [-0.3, -0.25) is 10.1 Å². The molecule has 196 valence electrons. The molecule has 1 atom stereocenters. The third-order valence-corrected chi connectivity index (χ3v) is 6.70. The molecule has 1 aliphatic rings. The smallest absolute Gasteiger partial charge is 0.411 e. The molecule has 1 fully saturated rings. The van der Waals surface area contributed by atoms with E-state index in [0.717, 1.165) is 47.7 Å². The summed E-state index contributed by atoms with van der Waals surface area (Å²) in [5, 5.41) is 6.56. The number of methoxy groups -OCH3 is 2. The Kier molecular flexibility index (Phi) is 8.32. The van der Waals surface area contributed by atoms with E-state index in [-0.39, 0.29) is 24.3 Å². The Morgan fingerprint density at radius 2 is 1.84 bits per heavy atom. The summed E-state index contributed by atoms with van der Waals surface area (Å²) in [6.45, 7) is 2.38. The summed E-state index contributed by atoms with van der Waals surface area (Å²) in [6.07, 6.45) is 5.47. The molecule has 9 heteroatoms. The van der Waals surface area contributed by atoms with Gasteiger partial charge in [-0.1, -0.05) is 6.07 Å². The third kappa shape index (κ3) is 6.04. The van der Waals surface area contributed by atoms with Gasteiger partial charge in [-0.2, -0.15) is 0 Å².